The summed E-state index contributed by atoms with van der Waals surface area (Å²) in [4.78, 5) is 6.62. The van der Waals surface area contributed by atoms with E-state index < -0.39 is 0 Å². The zero-order valence-electron chi connectivity index (χ0n) is 16.3. The van der Waals surface area contributed by atoms with Crippen molar-refractivity contribution in [3.05, 3.63) is 59.9 Å². The van der Waals surface area contributed by atoms with Gasteiger partial charge in [0, 0.05) is 32.7 Å². The molecule has 1 unspecified atom stereocenters. The van der Waals surface area contributed by atoms with Crippen LogP contribution in [0.5, 0.6) is 5.75 Å². The van der Waals surface area contributed by atoms with Crippen LogP contribution >= 0.6 is 24.0 Å². The first-order chi connectivity index (χ1) is 13.2. The molecular formula is C21H28FIN4O. The Labute approximate surface area is 183 Å². The van der Waals surface area contributed by atoms with Gasteiger partial charge in [0.1, 0.15) is 11.6 Å². The van der Waals surface area contributed by atoms with Gasteiger partial charge in [-0.15, -0.1) is 24.0 Å². The highest BCUT2D eigenvalue weighted by Crippen LogP contribution is 2.30. The zero-order valence-corrected chi connectivity index (χ0v) is 18.7. The largest absolute Gasteiger partial charge is 0.495 e. The zero-order chi connectivity index (χ0) is 19.1. The Bertz CT molecular complexity index is 787. The molecule has 0 radical (unpaired) electrons. The van der Waals surface area contributed by atoms with E-state index in [9.17, 15) is 4.39 Å². The van der Waals surface area contributed by atoms with E-state index in [1.807, 2.05) is 30.3 Å². The molecule has 1 heterocycles. The van der Waals surface area contributed by atoms with Crippen molar-refractivity contribution in [1.82, 2.24) is 10.6 Å². The maximum Gasteiger partial charge on any atom is 0.191 e. The summed E-state index contributed by atoms with van der Waals surface area (Å²) in [5, 5.41) is 6.74. The molecule has 0 amide bonds. The molecule has 2 aromatic carbocycles. The molecule has 2 aromatic rings. The molecule has 0 aromatic heterocycles. The lowest BCUT2D eigenvalue weighted by Gasteiger charge is -2.22. The Morgan fingerprint density at radius 1 is 1.21 bits per heavy atom. The van der Waals surface area contributed by atoms with Gasteiger partial charge in [0.05, 0.1) is 12.8 Å². The van der Waals surface area contributed by atoms with Gasteiger partial charge in [-0.3, -0.25) is 4.99 Å². The van der Waals surface area contributed by atoms with Gasteiger partial charge in [-0.05, 0) is 36.6 Å². The van der Waals surface area contributed by atoms with Gasteiger partial charge < -0.3 is 20.3 Å². The first-order valence-electron chi connectivity index (χ1n) is 9.30. The van der Waals surface area contributed by atoms with Crippen LogP contribution in [0.1, 0.15) is 12.0 Å². The Morgan fingerprint density at radius 2 is 1.96 bits per heavy atom. The lowest BCUT2D eigenvalue weighted by atomic mass is 10.1. The van der Waals surface area contributed by atoms with E-state index in [-0.39, 0.29) is 29.8 Å². The molecule has 2 N–H and O–H groups in total. The van der Waals surface area contributed by atoms with Gasteiger partial charge in [0.25, 0.3) is 0 Å². The number of rotatable bonds is 6. The number of halogens is 2. The van der Waals surface area contributed by atoms with Crippen LogP contribution in [0, 0.1) is 5.82 Å². The topological polar surface area (TPSA) is 48.9 Å². The third kappa shape index (κ3) is 5.73. The fourth-order valence-electron chi connectivity index (χ4n) is 3.39. The van der Waals surface area contributed by atoms with Crippen LogP contribution < -0.4 is 20.3 Å². The Balaban J connectivity index is 0.00000280. The minimum absolute atomic E-state index is 0. The highest BCUT2D eigenvalue weighted by atomic mass is 127. The first kappa shape index (κ1) is 22.3. The summed E-state index contributed by atoms with van der Waals surface area (Å²) < 4.78 is 19.2. The van der Waals surface area contributed by atoms with Gasteiger partial charge in [-0.25, -0.2) is 4.39 Å². The molecule has 3 rings (SSSR count). The Kier molecular flexibility index (Phi) is 8.82. The van der Waals surface area contributed by atoms with Crippen LogP contribution in [-0.4, -0.2) is 45.8 Å². The number of guanidine groups is 1. The van der Waals surface area contributed by atoms with Crippen LogP contribution in [0.25, 0.3) is 0 Å². The molecule has 0 aliphatic carbocycles. The van der Waals surface area contributed by atoms with E-state index in [2.05, 4.69) is 26.6 Å². The average molecular weight is 498 g/mol. The number of aliphatic imine (C=N–C) groups is 1. The average Bonchev–Trinajstić information content (AvgIpc) is 3.17. The quantitative estimate of drug-likeness (QED) is 0.364. The molecule has 0 bridgehead atoms. The molecular weight excluding hydrogens is 470 g/mol. The maximum absolute atomic E-state index is 13.7. The van der Waals surface area contributed by atoms with Crippen molar-refractivity contribution >= 4 is 35.6 Å². The molecule has 5 nitrogen and oxygen atoms in total. The Morgan fingerprint density at radius 3 is 2.71 bits per heavy atom. The minimum atomic E-state index is -0.162. The highest BCUT2D eigenvalue weighted by molar-refractivity contribution is 14.0. The van der Waals surface area contributed by atoms with E-state index >= 15 is 0 Å². The van der Waals surface area contributed by atoms with Gasteiger partial charge in [-0.1, -0.05) is 30.3 Å². The number of anilines is 1. The van der Waals surface area contributed by atoms with Crippen LogP contribution in [-0.2, 0) is 6.42 Å². The van der Waals surface area contributed by atoms with E-state index in [1.165, 1.54) is 6.07 Å². The van der Waals surface area contributed by atoms with Crippen LogP contribution in [0.4, 0.5) is 10.1 Å². The van der Waals surface area contributed by atoms with Crippen molar-refractivity contribution in [3.63, 3.8) is 0 Å². The van der Waals surface area contributed by atoms with Crippen LogP contribution in [0.15, 0.2) is 53.5 Å². The molecule has 1 aliphatic heterocycles. The summed E-state index contributed by atoms with van der Waals surface area (Å²) in [6, 6.07) is 15.3. The molecule has 7 heteroatoms. The van der Waals surface area contributed by atoms with Crippen molar-refractivity contribution in [1.29, 1.82) is 0 Å². The summed E-state index contributed by atoms with van der Waals surface area (Å²) in [6.45, 7) is 2.47. The molecule has 28 heavy (non-hydrogen) atoms. The standard InChI is InChI=1S/C21H27FN4O.HI/c1-23-21(24-13-11-16-7-3-4-8-18(16)22)25-17-12-14-26(15-17)19-9-5-6-10-20(19)27-2;/h3-10,17H,11-15H2,1-2H3,(H2,23,24,25);1H. The molecule has 152 valence electrons. The predicted octanol–water partition coefficient (Wildman–Crippen LogP) is 3.44. The number of hydrogen-bond acceptors (Lipinski definition) is 3. The lowest BCUT2D eigenvalue weighted by Crippen LogP contribution is -2.45. The van der Waals surface area contributed by atoms with Crippen molar-refractivity contribution in [2.24, 2.45) is 4.99 Å². The second kappa shape index (κ2) is 11.1. The van der Waals surface area contributed by atoms with Gasteiger partial charge in [0.15, 0.2) is 5.96 Å². The van der Waals surface area contributed by atoms with Crippen molar-refractivity contribution in [3.8, 4) is 5.75 Å². The summed E-state index contributed by atoms with van der Waals surface area (Å²) in [6.07, 6.45) is 1.64. The summed E-state index contributed by atoms with van der Waals surface area (Å²) in [5.41, 5.74) is 1.83. The molecule has 1 aliphatic rings. The third-order valence-corrected chi connectivity index (χ3v) is 4.82. The summed E-state index contributed by atoms with van der Waals surface area (Å²) in [7, 11) is 3.46. The number of ether oxygens (including phenoxy) is 1. The van der Waals surface area contributed by atoms with Crippen molar-refractivity contribution in [2.75, 3.05) is 38.7 Å². The van der Waals surface area contributed by atoms with Crippen molar-refractivity contribution in [2.45, 2.75) is 18.9 Å². The van der Waals surface area contributed by atoms with Crippen LogP contribution in [0.3, 0.4) is 0 Å². The fourth-order valence-corrected chi connectivity index (χ4v) is 3.39. The molecule has 0 saturated carbocycles. The minimum Gasteiger partial charge on any atom is -0.495 e. The maximum atomic E-state index is 13.7. The number of hydrogen-bond donors (Lipinski definition) is 2. The summed E-state index contributed by atoms with van der Waals surface area (Å²) >= 11 is 0. The first-order valence-corrected chi connectivity index (χ1v) is 9.30. The van der Waals surface area contributed by atoms with E-state index in [0.717, 1.165) is 36.9 Å². The number of para-hydroxylation sites is 2. The van der Waals surface area contributed by atoms with Gasteiger partial charge in [0.2, 0.25) is 0 Å². The van der Waals surface area contributed by atoms with Crippen molar-refractivity contribution < 1.29 is 9.13 Å². The smallest absolute Gasteiger partial charge is 0.191 e. The number of methoxy groups -OCH3 is 1. The van der Waals surface area contributed by atoms with E-state index in [4.69, 9.17) is 4.74 Å². The number of nitrogens with one attached hydrogen (secondary N) is 2. The molecule has 1 saturated heterocycles. The molecule has 1 fully saturated rings. The normalized spacial score (nSPS) is 16.5. The predicted molar refractivity (Wildman–Crippen MR) is 124 cm³/mol. The molecule has 1 atom stereocenters. The second-order valence-corrected chi connectivity index (χ2v) is 6.59. The monoisotopic (exact) mass is 498 g/mol. The van der Waals surface area contributed by atoms with Crippen LogP contribution in [0.2, 0.25) is 0 Å². The SMILES string of the molecule is CN=C(NCCc1ccccc1F)NC1CCN(c2ccccc2OC)C1.I. The van der Waals surface area contributed by atoms with Gasteiger partial charge in [-0.2, -0.15) is 0 Å². The third-order valence-electron chi connectivity index (χ3n) is 4.82. The number of nitrogens with zero attached hydrogens (tertiary/aromatic N) is 2. The van der Waals surface area contributed by atoms with Gasteiger partial charge >= 0.3 is 0 Å². The lowest BCUT2D eigenvalue weighted by molar-refractivity contribution is 0.415. The Hall–Kier alpha value is -2.03. The second-order valence-electron chi connectivity index (χ2n) is 6.59. The van der Waals surface area contributed by atoms with E-state index in [0.29, 0.717) is 24.6 Å². The highest BCUT2D eigenvalue weighted by Gasteiger charge is 2.25. The molecule has 0 spiro atoms. The van der Waals surface area contributed by atoms with E-state index in [1.54, 1.807) is 20.2 Å². The number of benzene rings is 2. The summed E-state index contributed by atoms with van der Waals surface area (Å²) in [5.74, 6) is 1.48. The fraction of sp³-hybridized carbons (Fsp3) is 0.381.